The lowest BCUT2D eigenvalue weighted by Crippen LogP contribution is -2.48. The molecule has 16 heavy (non-hydrogen) atoms. The fraction of sp³-hybridized carbons (Fsp3) is 0.444. The van der Waals surface area contributed by atoms with E-state index in [1.165, 1.54) is 24.5 Å². The van der Waals surface area contributed by atoms with E-state index in [1.54, 1.807) is 0 Å². The first-order valence-corrected chi connectivity index (χ1v) is 4.47. The normalized spacial score (nSPS) is 15.8. The third kappa shape index (κ3) is 3.44. The third-order valence-corrected chi connectivity index (χ3v) is 1.97. The molecule has 1 aromatic heterocycles. The highest BCUT2D eigenvalue weighted by atomic mass is 19.4. The van der Waals surface area contributed by atoms with Crippen LogP contribution in [0, 0.1) is 0 Å². The molecular weight excluding hydrogens is 223 g/mol. The van der Waals surface area contributed by atoms with Crippen LogP contribution in [-0.2, 0) is 10.5 Å². The maximum atomic E-state index is 12.0. The monoisotopic (exact) mass is 235 g/mol. The molecule has 1 unspecified atom stereocenters. The van der Waals surface area contributed by atoms with E-state index in [9.17, 15) is 13.2 Å². The number of ether oxygens (including phenoxy) is 1. The van der Waals surface area contributed by atoms with Crippen LogP contribution in [-0.4, -0.2) is 24.3 Å². The summed E-state index contributed by atoms with van der Waals surface area (Å²) in [5.41, 5.74) is 9.70. The van der Waals surface area contributed by atoms with Gasteiger partial charge in [-0.3, -0.25) is 10.7 Å². The van der Waals surface area contributed by atoms with Crippen LogP contribution in [0.3, 0.4) is 0 Å². The van der Waals surface area contributed by atoms with Gasteiger partial charge in [-0.1, -0.05) is 0 Å². The van der Waals surface area contributed by atoms with Gasteiger partial charge >= 0.3 is 6.18 Å². The van der Waals surface area contributed by atoms with Crippen molar-refractivity contribution in [1.82, 2.24) is 4.98 Å². The van der Waals surface area contributed by atoms with E-state index in [0.717, 1.165) is 0 Å². The molecule has 0 aromatic carbocycles. The average Bonchev–Trinajstić information content (AvgIpc) is 2.26. The van der Waals surface area contributed by atoms with E-state index in [1.807, 2.05) is 0 Å². The lowest BCUT2D eigenvalue weighted by molar-refractivity contribution is -0.205. The molecule has 0 spiro atoms. The first kappa shape index (κ1) is 12.9. The highest BCUT2D eigenvalue weighted by molar-refractivity contribution is 5.18. The quantitative estimate of drug-likeness (QED) is 0.754. The van der Waals surface area contributed by atoms with Gasteiger partial charge in [0.05, 0.1) is 0 Å². The summed E-state index contributed by atoms with van der Waals surface area (Å²) in [6.07, 6.45) is -1.63. The van der Waals surface area contributed by atoms with Crippen molar-refractivity contribution in [2.75, 3.05) is 13.2 Å². The molecule has 0 radical (unpaired) electrons. The molecule has 4 nitrogen and oxygen atoms in total. The summed E-state index contributed by atoms with van der Waals surface area (Å²) in [5.74, 6) is 0. The summed E-state index contributed by atoms with van der Waals surface area (Å²) in [5, 5.41) is 0. The van der Waals surface area contributed by atoms with Gasteiger partial charge in [0.15, 0.2) is 5.72 Å². The number of nitrogens with two attached hydrogens (primary N) is 2. The summed E-state index contributed by atoms with van der Waals surface area (Å²) >= 11 is 0. The minimum Gasteiger partial charge on any atom is -0.346 e. The van der Waals surface area contributed by atoms with Crippen LogP contribution in [0.5, 0.6) is 0 Å². The molecule has 1 atom stereocenters. The topological polar surface area (TPSA) is 74.2 Å². The van der Waals surface area contributed by atoms with Gasteiger partial charge in [0.1, 0.15) is 6.61 Å². The van der Waals surface area contributed by atoms with Gasteiger partial charge in [0.25, 0.3) is 0 Å². The van der Waals surface area contributed by atoms with E-state index in [4.69, 9.17) is 11.5 Å². The Labute approximate surface area is 90.4 Å². The summed E-state index contributed by atoms with van der Waals surface area (Å²) in [6.45, 7) is -1.70. The average molecular weight is 235 g/mol. The largest absolute Gasteiger partial charge is 0.411 e. The Morgan fingerprint density at radius 2 is 1.81 bits per heavy atom. The zero-order valence-corrected chi connectivity index (χ0v) is 8.37. The molecule has 0 amide bonds. The molecule has 0 aliphatic rings. The van der Waals surface area contributed by atoms with Crippen molar-refractivity contribution < 1.29 is 17.9 Å². The van der Waals surface area contributed by atoms with Crippen LogP contribution < -0.4 is 11.5 Å². The lowest BCUT2D eigenvalue weighted by Gasteiger charge is -2.28. The van der Waals surface area contributed by atoms with Gasteiger partial charge in [0.2, 0.25) is 0 Å². The Balaban J connectivity index is 2.79. The molecule has 0 aliphatic heterocycles. The number of nitrogens with zero attached hydrogens (tertiary/aromatic N) is 1. The molecule has 0 saturated heterocycles. The molecular formula is C9H12F3N3O. The van der Waals surface area contributed by atoms with Crippen LogP contribution in [0.15, 0.2) is 24.5 Å². The van der Waals surface area contributed by atoms with E-state index >= 15 is 0 Å². The minimum atomic E-state index is -4.44. The summed E-state index contributed by atoms with van der Waals surface area (Å²) in [6, 6.07) is 2.92. The molecule has 1 heterocycles. The second-order valence-corrected chi connectivity index (χ2v) is 3.23. The number of hydrogen-bond acceptors (Lipinski definition) is 4. The van der Waals surface area contributed by atoms with Crippen molar-refractivity contribution in [2.45, 2.75) is 11.9 Å². The van der Waals surface area contributed by atoms with Gasteiger partial charge in [-0.15, -0.1) is 0 Å². The van der Waals surface area contributed by atoms with Gasteiger partial charge in [-0.25, -0.2) is 0 Å². The molecule has 4 N–H and O–H groups in total. The first-order chi connectivity index (χ1) is 7.37. The van der Waals surface area contributed by atoms with Crippen LogP contribution in [0.25, 0.3) is 0 Å². The van der Waals surface area contributed by atoms with Gasteiger partial charge < -0.3 is 10.5 Å². The van der Waals surface area contributed by atoms with Crippen molar-refractivity contribution in [1.29, 1.82) is 0 Å². The Hall–Kier alpha value is -1.18. The van der Waals surface area contributed by atoms with Crippen molar-refractivity contribution in [3.05, 3.63) is 30.1 Å². The van der Waals surface area contributed by atoms with Crippen molar-refractivity contribution >= 4 is 0 Å². The highest BCUT2D eigenvalue weighted by Crippen LogP contribution is 2.22. The molecule has 90 valence electrons. The van der Waals surface area contributed by atoms with Crippen LogP contribution in [0.2, 0.25) is 0 Å². The predicted octanol–water partition coefficient (Wildman–Crippen LogP) is 0.731. The standard InChI is InChI=1S/C9H12F3N3O/c10-9(11,12)6-16-8(14,5-13)7-1-3-15-4-2-7/h1-4H,5-6,13-14H2. The maximum absolute atomic E-state index is 12.0. The molecule has 0 saturated carbocycles. The van der Waals surface area contributed by atoms with Crippen molar-refractivity contribution in [3.8, 4) is 0 Å². The van der Waals surface area contributed by atoms with Gasteiger partial charge in [-0.2, -0.15) is 13.2 Å². The molecule has 0 fully saturated rings. The fourth-order valence-electron chi connectivity index (χ4n) is 1.10. The fourth-order valence-corrected chi connectivity index (χ4v) is 1.10. The van der Waals surface area contributed by atoms with Crippen molar-refractivity contribution in [2.24, 2.45) is 11.5 Å². The van der Waals surface area contributed by atoms with Gasteiger partial charge in [-0.05, 0) is 12.1 Å². The Morgan fingerprint density at radius 3 is 2.25 bits per heavy atom. The number of halogens is 3. The number of aromatic nitrogens is 1. The van der Waals surface area contributed by atoms with Crippen molar-refractivity contribution in [3.63, 3.8) is 0 Å². The number of pyridine rings is 1. The number of hydrogen-bond donors (Lipinski definition) is 2. The molecule has 0 bridgehead atoms. The molecule has 0 aliphatic carbocycles. The van der Waals surface area contributed by atoms with Crippen LogP contribution >= 0.6 is 0 Å². The van der Waals surface area contributed by atoms with Gasteiger partial charge in [0, 0.05) is 24.5 Å². The Kier molecular flexibility index (Phi) is 3.84. The molecule has 1 rings (SSSR count). The Morgan fingerprint density at radius 1 is 1.25 bits per heavy atom. The second kappa shape index (κ2) is 4.77. The van der Waals surface area contributed by atoms with E-state index in [0.29, 0.717) is 5.56 Å². The zero-order valence-electron chi connectivity index (χ0n) is 8.37. The zero-order chi connectivity index (χ0) is 12.2. The lowest BCUT2D eigenvalue weighted by atomic mass is 10.1. The smallest absolute Gasteiger partial charge is 0.346 e. The van der Waals surface area contributed by atoms with Crippen LogP contribution in [0.4, 0.5) is 13.2 Å². The SMILES string of the molecule is NCC(N)(OCC(F)(F)F)c1ccncc1. The predicted molar refractivity (Wildman–Crippen MR) is 51.2 cm³/mol. The second-order valence-electron chi connectivity index (χ2n) is 3.23. The molecule has 1 aromatic rings. The third-order valence-electron chi connectivity index (χ3n) is 1.97. The van der Waals surface area contributed by atoms with E-state index in [-0.39, 0.29) is 6.54 Å². The first-order valence-electron chi connectivity index (χ1n) is 4.47. The number of rotatable bonds is 4. The summed E-state index contributed by atoms with van der Waals surface area (Å²) in [7, 11) is 0. The maximum Gasteiger partial charge on any atom is 0.411 e. The molecule has 7 heteroatoms. The minimum absolute atomic E-state index is 0.257. The van der Waals surface area contributed by atoms with Crippen LogP contribution in [0.1, 0.15) is 5.56 Å². The van der Waals surface area contributed by atoms with E-state index in [2.05, 4.69) is 9.72 Å². The summed E-state index contributed by atoms with van der Waals surface area (Å²) in [4.78, 5) is 3.73. The summed E-state index contributed by atoms with van der Waals surface area (Å²) < 4.78 is 40.6. The highest BCUT2D eigenvalue weighted by Gasteiger charge is 2.35. The Bertz CT molecular complexity index is 331. The number of alkyl halides is 3. The van der Waals surface area contributed by atoms with E-state index < -0.39 is 18.5 Å².